The Bertz CT molecular complexity index is 716. The number of alkyl carbamates (subject to hydrolysis) is 1. The number of aliphatic carboxylic acids is 1. The number of amides is 2. The molecule has 8 nitrogen and oxygen atoms in total. The Morgan fingerprint density at radius 3 is 2.54 bits per heavy atom. The van der Waals surface area contributed by atoms with Crippen LogP contribution in [0.3, 0.4) is 0 Å². The van der Waals surface area contributed by atoms with E-state index in [1.807, 2.05) is 0 Å². The molecule has 2 amide bonds. The minimum Gasteiger partial charge on any atom is -0.480 e. The van der Waals surface area contributed by atoms with Crippen molar-refractivity contribution < 1.29 is 29.0 Å². The molecule has 0 radical (unpaired) electrons. The second-order valence-corrected chi connectivity index (χ2v) is 7.93. The van der Waals surface area contributed by atoms with Gasteiger partial charge in [-0.3, -0.25) is 4.79 Å². The molecule has 1 aliphatic rings. The molecule has 0 spiro atoms. The van der Waals surface area contributed by atoms with Gasteiger partial charge in [0.1, 0.15) is 11.6 Å². The predicted octanol–water partition coefficient (Wildman–Crippen LogP) is 2.09. The van der Waals surface area contributed by atoms with Gasteiger partial charge in [-0.2, -0.15) is 0 Å². The van der Waals surface area contributed by atoms with Gasteiger partial charge in [-0.25, -0.2) is 9.59 Å². The SMILES string of the molecule is CC(C)(C)OC(=O)N[C@@H](Cc1ccc(Cl)cc1)C(=O)N1CCOC[C@H]1C(=O)O. The van der Waals surface area contributed by atoms with E-state index in [2.05, 4.69) is 5.32 Å². The number of nitrogens with zero attached hydrogens (tertiary/aromatic N) is 1. The van der Waals surface area contributed by atoms with Crippen LogP contribution < -0.4 is 5.32 Å². The minimum absolute atomic E-state index is 0.0961. The van der Waals surface area contributed by atoms with E-state index in [4.69, 9.17) is 21.1 Å². The first kappa shape index (κ1) is 22.0. The third kappa shape index (κ3) is 6.38. The molecule has 1 fully saturated rings. The highest BCUT2D eigenvalue weighted by Crippen LogP contribution is 2.16. The van der Waals surface area contributed by atoms with Gasteiger partial charge < -0.3 is 24.8 Å². The number of nitrogens with one attached hydrogen (secondary N) is 1. The molecule has 0 unspecified atom stereocenters. The van der Waals surface area contributed by atoms with Crippen molar-refractivity contribution in [3.63, 3.8) is 0 Å². The summed E-state index contributed by atoms with van der Waals surface area (Å²) in [6.45, 7) is 5.40. The number of carbonyl (C=O) groups is 3. The van der Waals surface area contributed by atoms with Crippen molar-refractivity contribution in [2.45, 2.75) is 44.9 Å². The number of morpholine rings is 1. The van der Waals surface area contributed by atoms with Gasteiger partial charge in [0.2, 0.25) is 5.91 Å². The molecule has 0 saturated carbocycles. The smallest absolute Gasteiger partial charge is 0.408 e. The summed E-state index contributed by atoms with van der Waals surface area (Å²) in [5.74, 6) is -1.66. The summed E-state index contributed by atoms with van der Waals surface area (Å²) in [6.07, 6.45) is -0.584. The number of carboxylic acids is 1. The first-order valence-electron chi connectivity index (χ1n) is 8.92. The van der Waals surface area contributed by atoms with Crippen molar-refractivity contribution in [3.8, 4) is 0 Å². The van der Waals surface area contributed by atoms with E-state index in [0.29, 0.717) is 5.02 Å². The van der Waals surface area contributed by atoms with Gasteiger partial charge in [0.05, 0.1) is 13.2 Å². The highest BCUT2D eigenvalue weighted by Gasteiger charge is 2.37. The molecule has 1 saturated heterocycles. The van der Waals surface area contributed by atoms with Gasteiger partial charge in [-0.15, -0.1) is 0 Å². The molecule has 9 heteroatoms. The highest BCUT2D eigenvalue weighted by atomic mass is 35.5. The summed E-state index contributed by atoms with van der Waals surface area (Å²) in [7, 11) is 0. The van der Waals surface area contributed by atoms with Crippen molar-refractivity contribution in [2.75, 3.05) is 19.8 Å². The Morgan fingerprint density at radius 2 is 1.96 bits per heavy atom. The lowest BCUT2D eigenvalue weighted by atomic mass is 10.0. The number of halogens is 1. The lowest BCUT2D eigenvalue weighted by molar-refractivity contribution is -0.159. The van der Waals surface area contributed by atoms with Crippen LogP contribution in [0, 0.1) is 0 Å². The van der Waals surface area contributed by atoms with Crippen LogP contribution in [-0.4, -0.2) is 65.4 Å². The Morgan fingerprint density at radius 1 is 1.32 bits per heavy atom. The summed E-state index contributed by atoms with van der Waals surface area (Å²) in [5.41, 5.74) is 0.0273. The fourth-order valence-electron chi connectivity index (χ4n) is 2.78. The lowest BCUT2D eigenvalue weighted by Crippen LogP contribution is -2.59. The quantitative estimate of drug-likeness (QED) is 0.767. The summed E-state index contributed by atoms with van der Waals surface area (Å²) < 4.78 is 10.4. The van der Waals surface area contributed by atoms with Gasteiger partial charge >= 0.3 is 12.1 Å². The monoisotopic (exact) mass is 412 g/mol. The van der Waals surface area contributed by atoms with E-state index in [1.54, 1.807) is 45.0 Å². The van der Waals surface area contributed by atoms with Crippen LogP contribution in [0.4, 0.5) is 4.79 Å². The van der Waals surface area contributed by atoms with E-state index < -0.39 is 35.7 Å². The van der Waals surface area contributed by atoms with Crippen molar-refractivity contribution in [1.82, 2.24) is 10.2 Å². The molecule has 2 N–H and O–H groups in total. The van der Waals surface area contributed by atoms with E-state index in [-0.39, 0.29) is 26.2 Å². The Kier molecular flexibility index (Phi) is 7.26. The molecule has 2 rings (SSSR count). The Labute approximate surface area is 168 Å². The summed E-state index contributed by atoms with van der Waals surface area (Å²) in [4.78, 5) is 38.1. The van der Waals surface area contributed by atoms with Crippen LogP contribution in [-0.2, 0) is 25.5 Å². The number of carbonyl (C=O) groups excluding carboxylic acids is 2. The van der Waals surface area contributed by atoms with Gasteiger partial charge in [-0.1, -0.05) is 23.7 Å². The van der Waals surface area contributed by atoms with E-state index in [9.17, 15) is 19.5 Å². The van der Waals surface area contributed by atoms with Crippen molar-refractivity contribution in [3.05, 3.63) is 34.9 Å². The normalized spacial score (nSPS) is 18.3. The number of hydrogen-bond acceptors (Lipinski definition) is 5. The van der Waals surface area contributed by atoms with Gasteiger partial charge in [0, 0.05) is 18.0 Å². The number of rotatable bonds is 5. The maximum absolute atomic E-state index is 13.1. The fourth-order valence-corrected chi connectivity index (χ4v) is 2.90. The average molecular weight is 413 g/mol. The predicted molar refractivity (Wildman–Crippen MR) is 102 cm³/mol. The van der Waals surface area contributed by atoms with Gasteiger partial charge in [0.25, 0.3) is 0 Å². The van der Waals surface area contributed by atoms with E-state index in [1.165, 1.54) is 4.90 Å². The molecular weight excluding hydrogens is 388 g/mol. The third-order valence-corrected chi connectivity index (χ3v) is 4.29. The van der Waals surface area contributed by atoms with Crippen LogP contribution in [0.15, 0.2) is 24.3 Å². The largest absolute Gasteiger partial charge is 0.480 e. The van der Waals surface area contributed by atoms with Crippen LogP contribution in [0.1, 0.15) is 26.3 Å². The molecule has 0 aliphatic carbocycles. The molecule has 2 atom stereocenters. The zero-order valence-electron chi connectivity index (χ0n) is 16.1. The minimum atomic E-state index is -1.16. The van der Waals surface area contributed by atoms with Gasteiger partial charge in [-0.05, 0) is 38.5 Å². The van der Waals surface area contributed by atoms with Crippen LogP contribution in [0.5, 0.6) is 0 Å². The molecule has 1 heterocycles. The molecule has 154 valence electrons. The molecule has 1 aromatic rings. The molecule has 1 aromatic carbocycles. The van der Waals surface area contributed by atoms with Crippen molar-refractivity contribution in [2.24, 2.45) is 0 Å². The van der Waals surface area contributed by atoms with E-state index in [0.717, 1.165) is 5.56 Å². The van der Waals surface area contributed by atoms with Gasteiger partial charge in [0.15, 0.2) is 6.04 Å². The first-order valence-corrected chi connectivity index (χ1v) is 9.29. The maximum atomic E-state index is 13.1. The Hall–Kier alpha value is -2.32. The first-order chi connectivity index (χ1) is 13.1. The second-order valence-electron chi connectivity index (χ2n) is 7.49. The van der Waals surface area contributed by atoms with Crippen LogP contribution >= 0.6 is 11.6 Å². The summed E-state index contributed by atoms with van der Waals surface area (Å²) in [6, 6.07) is 4.76. The zero-order valence-corrected chi connectivity index (χ0v) is 16.9. The molecule has 0 aromatic heterocycles. The van der Waals surface area contributed by atoms with Crippen molar-refractivity contribution in [1.29, 1.82) is 0 Å². The Balaban J connectivity index is 2.22. The highest BCUT2D eigenvalue weighted by molar-refractivity contribution is 6.30. The summed E-state index contributed by atoms with van der Waals surface area (Å²) in [5, 5.41) is 12.5. The molecule has 28 heavy (non-hydrogen) atoms. The number of hydrogen-bond donors (Lipinski definition) is 2. The average Bonchev–Trinajstić information content (AvgIpc) is 2.60. The topological polar surface area (TPSA) is 105 Å². The zero-order chi connectivity index (χ0) is 20.9. The summed E-state index contributed by atoms with van der Waals surface area (Å²) >= 11 is 5.90. The standard InChI is InChI=1S/C19H25ClN2O6/c1-19(2,3)28-18(26)21-14(10-12-4-6-13(20)7-5-12)16(23)22-8-9-27-11-15(22)17(24)25/h4-7,14-15H,8-11H2,1-3H3,(H,21,26)(H,24,25)/t14-,15-/m0/s1. The van der Waals surface area contributed by atoms with Crippen LogP contribution in [0.2, 0.25) is 5.02 Å². The third-order valence-electron chi connectivity index (χ3n) is 4.04. The number of benzene rings is 1. The van der Waals surface area contributed by atoms with E-state index >= 15 is 0 Å². The fraction of sp³-hybridized carbons (Fsp3) is 0.526. The molecular formula is C19H25ClN2O6. The molecule has 1 aliphatic heterocycles. The van der Waals surface area contributed by atoms with Crippen molar-refractivity contribution >= 4 is 29.6 Å². The number of ether oxygens (including phenoxy) is 2. The maximum Gasteiger partial charge on any atom is 0.408 e. The molecule has 0 bridgehead atoms. The lowest BCUT2D eigenvalue weighted by Gasteiger charge is -2.35. The second kappa shape index (κ2) is 9.25. The van der Waals surface area contributed by atoms with Crippen LogP contribution in [0.25, 0.3) is 0 Å². The number of carboxylic acid groups (broad SMARTS) is 1.